The van der Waals surface area contributed by atoms with Gasteiger partial charge in [0.2, 0.25) is 5.91 Å². The maximum absolute atomic E-state index is 13.1. The Morgan fingerprint density at radius 3 is 2.67 bits per heavy atom. The first-order valence-electron chi connectivity index (χ1n) is 10.3. The van der Waals surface area contributed by atoms with E-state index >= 15 is 0 Å². The highest BCUT2D eigenvalue weighted by Gasteiger charge is 2.61. The summed E-state index contributed by atoms with van der Waals surface area (Å²) in [7, 11) is 0. The van der Waals surface area contributed by atoms with Crippen LogP contribution in [0.4, 0.5) is 5.69 Å². The number of hydrogen-bond acceptors (Lipinski definition) is 7. The molecule has 30 heavy (non-hydrogen) atoms. The first kappa shape index (κ1) is 19.4. The van der Waals surface area contributed by atoms with Crippen LogP contribution in [0.5, 0.6) is 0 Å². The number of amides is 2. The topological polar surface area (TPSA) is 110 Å². The minimum absolute atomic E-state index is 0.0504. The van der Waals surface area contributed by atoms with Crippen LogP contribution in [0.25, 0.3) is 11.0 Å². The zero-order valence-corrected chi connectivity index (χ0v) is 17.6. The summed E-state index contributed by atoms with van der Waals surface area (Å²) in [6, 6.07) is 5.37. The number of aromatic nitrogens is 2. The normalized spacial score (nSPS) is 31.5. The Kier molecular flexibility index (Phi) is 4.53. The van der Waals surface area contributed by atoms with E-state index in [1.54, 1.807) is 12.1 Å². The second-order valence-corrected chi connectivity index (χ2v) is 9.79. The zero-order valence-electron chi connectivity index (χ0n) is 16.8. The molecule has 1 aromatic carbocycles. The molecule has 6 rings (SSSR count). The lowest BCUT2D eigenvalue weighted by Crippen LogP contribution is -2.64. The third-order valence-corrected chi connectivity index (χ3v) is 7.37. The maximum Gasteiger partial charge on any atom is 0.312 e. The molecule has 4 fully saturated rings. The van der Waals surface area contributed by atoms with Gasteiger partial charge in [0.15, 0.2) is 6.61 Å². The van der Waals surface area contributed by atoms with Crippen molar-refractivity contribution in [1.29, 1.82) is 0 Å². The summed E-state index contributed by atoms with van der Waals surface area (Å²) in [5.74, 6) is 0.0919. The Labute approximate surface area is 178 Å². The molecule has 4 aliphatic rings. The van der Waals surface area contributed by atoms with Gasteiger partial charge in [-0.05, 0) is 62.5 Å². The van der Waals surface area contributed by atoms with E-state index in [1.165, 1.54) is 6.92 Å². The lowest BCUT2D eigenvalue weighted by Gasteiger charge is -2.60. The molecule has 1 aromatic heterocycles. The number of rotatable bonds is 5. The average molecular weight is 429 g/mol. The third kappa shape index (κ3) is 3.34. The highest BCUT2D eigenvalue weighted by atomic mass is 32.1. The van der Waals surface area contributed by atoms with E-state index in [4.69, 9.17) is 4.74 Å². The summed E-state index contributed by atoms with van der Waals surface area (Å²) in [4.78, 5) is 37.3. The summed E-state index contributed by atoms with van der Waals surface area (Å²) in [5.41, 5.74) is 1.00. The summed E-state index contributed by atoms with van der Waals surface area (Å²) in [6.45, 7) is 1.20. The molecule has 2 aromatic rings. The van der Waals surface area contributed by atoms with E-state index in [-0.39, 0.29) is 24.0 Å². The van der Waals surface area contributed by atoms with Gasteiger partial charge in [0, 0.05) is 12.5 Å². The lowest BCUT2D eigenvalue weighted by atomic mass is 9.47. The fraction of sp³-hybridized carbons (Fsp3) is 0.571. The Morgan fingerprint density at radius 2 is 1.93 bits per heavy atom. The van der Waals surface area contributed by atoms with Crippen molar-refractivity contribution in [2.45, 2.75) is 51.0 Å². The smallest absolute Gasteiger partial charge is 0.312 e. The largest absolute Gasteiger partial charge is 0.455 e. The van der Waals surface area contributed by atoms with E-state index in [1.807, 2.05) is 6.07 Å². The van der Waals surface area contributed by atoms with Crippen molar-refractivity contribution in [1.82, 2.24) is 14.1 Å². The second kappa shape index (κ2) is 7.01. The summed E-state index contributed by atoms with van der Waals surface area (Å²) in [5, 5.41) is 5.91. The fourth-order valence-electron chi connectivity index (χ4n) is 6.40. The summed E-state index contributed by atoms with van der Waals surface area (Å²) < 4.78 is 13.9. The third-order valence-electron chi connectivity index (χ3n) is 6.83. The minimum atomic E-state index is -0.592. The SMILES string of the molecule is CC(=O)NC12C[C@H]3C[C@@H](C1)CC(C(=O)OCC(=O)Nc1cccc4nsnc14)(C3)C2. The number of carbonyl (C=O) groups is 3. The van der Waals surface area contributed by atoms with E-state index < -0.39 is 11.3 Å². The van der Waals surface area contributed by atoms with Crippen LogP contribution in [0.2, 0.25) is 0 Å². The van der Waals surface area contributed by atoms with Crippen molar-refractivity contribution in [2.24, 2.45) is 17.3 Å². The average Bonchev–Trinajstić information content (AvgIpc) is 3.14. The number of esters is 1. The number of carbonyl (C=O) groups excluding carboxylic acids is 3. The molecule has 2 N–H and O–H groups in total. The first-order valence-corrected chi connectivity index (χ1v) is 11.1. The highest BCUT2D eigenvalue weighted by Crippen LogP contribution is 2.62. The van der Waals surface area contributed by atoms with Gasteiger partial charge in [-0.25, -0.2) is 0 Å². The van der Waals surface area contributed by atoms with Gasteiger partial charge in [-0.2, -0.15) is 8.75 Å². The van der Waals surface area contributed by atoms with Gasteiger partial charge in [-0.15, -0.1) is 0 Å². The predicted molar refractivity (Wildman–Crippen MR) is 111 cm³/mol. The molecule has 0 saturated heterocycles. The Balaban J connectivity index is 1.26. The number of fused-ring (bicyclic) bond motifs is 1. The number of anilines is 1. The van der Waals surface area contributed by atoms with Crippen molar-refractivity contribution in [3.63, 3.8) is 0 Å². The first-order chi connectivity index (χ1) is 14.4. The van der Waals surface area contributed by atoms with Crippen LogP contribution in [0.1, 0.15) is 45.4 Å². The van der Waals surface area contributed by atoms with E-state index in [9.17, 15) is 14.4 Å². The summed E-state index contributed by atoms with van der Waals surface area (Å²) >= 11 is 1.08. The predicted octanol–water partition coefficient (Wildman–Crippen LogP) is 2.65. The molecule has 0 radical (unpaired) electrons. The second-order valence-electron chi connectivity index (χ2n) is 9.26. The van der Waals surface area contributed by atoms with Crippen molar-refractivity contribution in [2.75, 3.05) is 11.9 Å². The molecule has 4 bridgehead atoms. The van der Waals surface area contributed by atoms with Crippen LogP contribution in [0.3, 0.4) is 0 Å². The van der Waals surface area contributed by atoms with Crippen LogP contribution >= 0.6 is 11.7 Å². The van der Waals surface area contributed by atoms with Crippen molar-refractivity contribution in [3.05, 3.63) is 18.2 Å². The van der Waals surface area contributed by atoms with Crippen molar-refractivity contribution < 1.29 is 19.1 Å². The molecule has 4 aliphatic carbocycles. The van der Waals surface area contributed by atoms with E-state index in [2.05, 4.69) is 19.4 Å². The molecular weight excluding hydrogens is 404 g/mol. The van der Waals surface area contributed by atoms with Crippen molar-refractivity contribution >= 4 is 46.2 Å². The van der Waals surface area contributed by atoms with E-state index in [0.29, 0.717) is 35.0 Å². The van der Waals surface area contributed by atoms with E-state index in [0.717, 1.165) is 43.8 Å². The van der Waals surface area contributed by atoms with Crippen LogP contribution in [-0.4, -0.2) is 38.7 Å². The van der Waals surface area contributed by atoms with Gasteiger partial charge in [-0.3, -0.25) is 14.4 Å². The number of hydrogen-bond donors (Lipinski definition) is 2. The van der Waals surface area contributed by atoms with Crippen LogP contribution in [-0.2, 0) is 19.1 Å². The van der Waals surface area contributed by atoms with Gasteiger partial charge in [0.05, 0.1) is 22.8 Å². The molecular formula is C21H24N4O4S. The molecule has 9 heteroatoms. The zero-order chi connectivity index (χ0) is 20.9. The van der Waals surface area contributed by atoms with Gasteiger partial charge in [0.25, 0.3) is 5.91 Å². The monoisotopic (exact) mass is 428 g/mol. The molecule has 0 aliphatic heterocycles. The van der Waals surface area contributed by atoms with Crippen molar-refractivity contribution in [3.8, 4) is 0 Å². The molecule has 158 valence electrons. The quantitative estimate of drug-likeness (QED) is 0.709. The lowest BCUT2D eigenvalue weighted by molar-refractivity contribution is -0.176. The Bertz CT molecular complexity index is 1020. The highest BCUT2D eigenvalue weighted by molar-refractivity contribution is 7.00. The number of ether oxygens (including phenoxy) is 1. The van der Waals surface area contributed by atoms with Crippen LogP contribution < -0.4 is 10.6 Å². The molecule has 0 spiro atoms. The molecule has 8 nitrogen and oxygen atoms in total. The fourth-order valence-corrected chi connectivity index (χ4v) is 6.95. The van der Waals surface area contributed by atoms with Gasteiger partial charge in [0.1, 0.15) is 11.0 Å². The Hall–Kier alpha value is -2.55. The summed E-state index contributed by atoms with van der Waals surface area (Å²) in [6.07, 6.45) is 5.16. The molecule has 1 heterocycles. The minimum Gasteiger partial charge on any atom is -0.455 e. The molecule has 4 saturated carbocycles. The number of benzene rings is 1. The number of nitrogens with zero attached hydrogens (tertiary/aromatic N) is 2. The molecule has 2 unspecified atom stereocenters. The maximum atomic E-state index is 13.1. The molecule has 2 amide bonds. The van der Waals surface area contributed by atoms with Crippen LogP contribution in [0, 0.1) is 17.3 Å². The van der Waals surface area contributed by atoms with Gasteiger partial charge in [-0.1, -0.05) is 6.07 Å². The number of nitrogens with one attached hydrogen (secondary N) is 2. The standard InChI is InChI=1S/C21H24N4O4S/c1-12(26)23-21-8-13-5-14(9-21)7-20(6-13,11-21)19(28)29-10-17(27)22-15-3-2-4-16-18(15)25-30-24-16/h2-4,13-14H,5-11H2,1H3,(H,22,27)(H,23,26)/t13-,14+,20?,21?. The Morgan fingerprint density at radius 1 is 1.17 bits per heavy atom. The van der Waals surface area contributed by atoms with Crippen LogP contribution in [0.15, 0.2) is 18.2 Å². The van der Waals surface area contributed by atoms with Gasteiger partial charge < -0.3 is 15.4 Å². The van der Waals surface area contributed by atoms with Gasteiger partial charge >= 0.3 is 5.97 Å². The molecule has 4 atom stereocenters.